The molecule has 24 heavy (non-hydrogen) atoms. The zero-order valence-corrected chi connectivity index (χ0v) is 14.1. The Kier molecular flexibility index (Phi) is 5.21. The molecule has 0 unspecified atom stereocenters. The Morgan fingerprint density at radius 3 is 2.50 bits per heavy atom. The van der Waals surface area contributed by atoms with Crippen molar-refractivity contribution in [2.24, 2.45) is 0 Å². The van der Waals surface area contributed by atoms with Crippen molar-refractivity contribution in [3.8, 4) is 0 Å². The second-order valence-corrected chi connectivity index (χ2v) is 6.01. The van der Waals surface area contributed by atoms with Crippen molar-refractivity contribution >= 4 is 17.8 Å². The molecule has 1 aromatic rings. The van der Waals surface area contributed by atoms with Crippen LogP contribution in [0.4, 0.5) is 9.18 Å². The largest absolute Gasteiger partial charge is 0.352 e. The predicted octanol–water partition coefficient (Wildman–Crippen LogP) is 1.90. The molecule has 0 spiro atoms. The highest BCUT2D eigenvalue weighted by Crippen LogP contribution is 2.30. The molecule has 6 nitrogen and oxygen atoms in total. The maximum Gasteiger partial charge on any atom is 0.325 e. The van der Waals surface area contributed by atoms with Gasteiger partial charge < -0.3 is 10.6 Å². The smallest absolute Gasteiger partial charge is 0.325 e. The van der Waals surface area contributed by atoms with E-state index in [2.05, 4.69) is 10.6 Å². The minimum absolute atomic E-state index is 0.00350. The van der Waals surface area contributed by atoms with Crippen molar-refractivity contribution in [1.29, 1.82) is 0 Å². The lowest BCUT2D eigenvalue weighted by atomic mass is 9.91. The van der Waals surface area contributed by atoms with Gasteiger partial charge in [-0.05, 0) is 25.8 Å². The second kappa shape index (κ2) is 6.98. The molecule has 0 aliphatic carbocycles. The first kappa shape index (κ1) is 17.9. The number of nitrogens with one attached hydrogen (secondary N) is 2. The first-order valence-corrected chi connectivity index (χ1v) is 8.02. The molecule has 1 saturated heterocycles. The lowest BCUT2D eigenvalue weighted by Gasteiger charge is -2.23. The first-order chi connectivity index (χ1) is 11.3. The van der Waals surface area contributed by atoms with Crippen molar-refractivity contribution in [3.63, 3.8) is 0 Å². The molecule has 1 heterocycles. The number of hydrogen-bond acceptors (Lipinski definition) is 3. The van der Waals surface area contributed by atoms with Crippen molar-refractivity contribution in [3.05, 3.63) is 35.6 Å². The summed E-state index contributed by atoms with van der Waals surface area (Å²) in [5, 5.41) is 5.27. The average molecular weight is 335 g/mol. The molecular formula is C17H22FN3O3. The van der Waals surface area contributed by atoms with Crippen LogP contribution in [0, 0.1) is 5.82 Å². The van der Waals surface area contributed by atoms with Gasteiger partial charge >= 0.3 is 6.03 Å². The minimum Gasteiger partial charge on any atom is -0.352 e. The van der Waals surface area contributed by atoms with Gasteiger partial charge in [-0.1, -0.05) is 32.0 Å². The van der Waals surface area contributed by atoms with Crippen LogP contribution < -0.4 is 10.6 Å². The van der Waals surface area contributed by atoms with Crippen LogP contribution in [0.1, 0.15) is 39.2 Å². The molecular weight excluding hydrogens is 313 g/mol. The summed E-state index contributed by atoms with van der Waals surface area (Å²) in [5.41, 5.74) is -1.44. The second-order valence-electron chi connectivity index (χ2n) is 6.01. The molecule has 2 rings (SSSR count). The molecule has 1 aliphatic rings. The van der Waals surface area contributed by atoms with E-state index in [0.29, 0.717) is 0 Å². The summed E-state index contributed by atoms with van der Waals surface area (Å²) in [6.07, 6.45) is 1.52. The summed E-state index contributed by atoms with van der Waals surface area (Å²) >= 11 is 0. The lowest BCUT2D eigenvalue weighted by molar-refractivity contribution is -0.135. The number of rotatable bonds is 6. The molecule has 0 aromatic heterocycles. The fourth-order valence-corrected chi connectivity index (χ4v) is 2.80. The van der Waals surface area contributed by atoms with E-state index < -0.39 is 29.2 Å². The third kappa shape index (κ3) is 3.25. The molecule has 1 atom stereocenters. The van der Waals surface area contributed by atoms with E-state index in [1.54, 1.807) is 6.07 Å². The van der Waals surface area contributed by atoms with Crippen LogP contribution in [0.2, 0.25) is 0 Å². The zero-order valence-electron chi connectivity index (χ0n) is 14.1. The van der Waals surface area contributed by atoms with Crippen LogP contribution in [-0.2, 0) is 15.1 Å². The summed E-state index contributed by atoms with van der Waals surface area (Å²) < 4.78 is 14.0. The Hall–Kier alpha value is -2.44. The van der Waals surface area contributed by atoms with E-state index in [1.165, 1.54) is 25.1 Å². The number of imide groups is 1. The summed E-state index contributed by atoms with van der Waals surface area (Å²) in [6, 6.07) is 5.06. The Morgan fingerprint density at radius 1 is 1.29 bits per heavy atom. The van der Waals surface area contributed by atoms with Crippen LogP contribution in [0.5, 0.6) is 0 Å². The number of carbonyl (C=O) groups is 3. The van der Waals surface area contributed by atoms with E-state index in [9.17, 15) is 18.8 Å². The zero-order chi connectivity index (χ0) is 17.9. The predicted molar refractivity (Wildman–Crippen MR) is 86.5 cm³/mol. The van der Waals surface area contributed by atoms with Gasteiger partial charge in [0.05, 0.1) is 0 Å². The van der Waals surface area contributed by atoms with Crippen LogP contribution in [0.15, 0.2) is 24.3 Å². The highest BCUT2D eigenvalue weighted by Gasteiger charge is 2.50. The van der Waals surface area contributed by atoms with Crippen molar-refractivity contribution in [2.75, 3.05) is 6.54 Å². The van der Waals surface area contributed by atoms with Gasteiger partial charge in [0.15, 0.2) is 0 Å². The third-order valence-corrected chi connectivity index (χ3v) is 4.34. The summed E-state index contributed by atoms with van der Waals surface area (Å²) in [5.74, 6) is -1.64. The van der Waals surface area contributed by atoms with Crippen LogP contribution in [-0.4, -0.2) is 35.3 Å². The van der Waals surface area contributed by atoms with Crippen molar-refractivity contribution < 1.29 is 18.8 Å². The fourth-order valence-electron chi connectivity index (χ4n) is 2.80. The van der Waals surface area contributed by atoms with Gasteiger partial charge in [-0.3, -0.25) is 14.5 Å². The Morgan fingerprint density at radius 2 is 1.92 bits per heavy atom. The maximum atomic E-state index is 14.0. The van der Waals surface area contributed by atoms with Gasteiger partial charge in [0, 0.05) is 11.6 Å². The maximum absolute atomic E-state index is 14.0. The third-order valence-electron chi connectivity index (χ3n) is 4.34. The SMILES string of the molecule is CCC(CC)NC(=O)CN1C(=O)N[C@](C)(c2ccccc2F)C1=O. The number of benzene rings is 1. The number of urea groups is 1. The number of nitrogens with zero attached hydrogens (tertiary/aromatic N) is 1. The van der Waals surface area contributed by atoms with Gasteiger partial charge in [0.1, 0.15) is 17.9 Å². The molecule has 2 N–H and O–H groups in total. The summed E-state index contributed by atoms with van der Waals surface area (Å²) in [7, 11) is 0. The normalized spacial score (nSPS) is 20.5. The van der Waals surface area contributed by atoms with E-state index >= 15 is 0 Å². The molecule has 7 heteroatoms. The topological polar surface area (TPSA) is 78.5 Å². The van der Waals surface area contributed by atoms with Crippen LogP contribution in [0.3, 0.4) is 0 Å². The van der Waals surface area contributed by atoms with Gasteiger partial charge in [-0.2, -0.15) is 0 Å². The quantitative estimate of drug-likeness (QED) is 0.779. The molecule has 0 bridgehead atoms. The number of hydrogen-bond donors (Lipinski definition) is 2. The molecule has 4 amide bonds. The first-order valence-electron chi connectivity index (χ1n) is 8.02. The molecule has 130 valence electrons. The van der Waals surface area contributed by atoms with Crippen molar-refractivity contribution in [2.45, 2.75) is 45.2 Å². The van der Waals surface area contributed by atoms with Crippen molar-refractivity contribution in [1.82, 2.24) is 15.5 Å². The van der Waals surface area contributed by atoms with Gasteiger partial charge in [0.25, 0.3) is 5.91 Å². The fraction of sp³-hybridized carbons (Fsp3) is 0.471. The number of halogens is 1. The van der Waals surface area contributed by atoms with Gasteiger partial charge in [-0.25, -0.2) is 9.18 Å². The van der Waals surface area contributed by atoms with E-state index in [1.807, 2.05) is 13.8 Å². The summed E-state index contributed by atoms with van der Waals surface area (Å²) in [4.78, 5) is 37.7. The number of carbonyl (C=O) groups excluding carboxylic acids is 3. The average Bonchev–Trinajstić information content (AvgIpc) is 2.77. The highest BCUT2D eigenvalue weighted by atomic mass is 19.1. The highest BCUT2D eigenvalue weighted by molar-refractivity contribution is 6.09. The standard InChI is InChI=1S/C17H22FN3O3/c1-4-11(5-2)19-14(22)10-21-15(23)17(3,20-16(21)24)12-8-6-7-9-13(12)18/h6-9,11H,4-5,10H2,1-3H3,(H,19,22)(H,20,24)/t17-/m1/s1. The minimum atomic E-state index is -1.52. The van der Waals surface area contributed by atoms with Gasteiger partial charge in [0.2, 0.25) is 5.91 Å². The van der Waals surface area contributed by atoms with Crippen LogP contribution in [0.25, 0.3) is 0 Å². The Bertz CT molecular complexity index is 660. The summed E-state index contributed by atoms with van der Waals surface area (Å²) in [6.45, 7) is 4.93. The molecule has 0 radical (unpaired) electrons. The Labute approximate surface area is 140 Å². The molecule has 0 saturated carbocycles. The van der Waals surface area contributed by atoms with E-state index in [0.717, 1.165) is 17.7 Å². The van der Waals surface area contributed by atoms with E-state index in [-0.39, 0.29) is 18.2 Å². The lowest BCUT2D eigenvalue weighted by Crippen LogP contribution is -2.45. The van der Waals surface area contributed by atoms with Crippen LogP contribution >= 0.6 is 0 Å². The number of amides is 4. The Balaban J connectivity index is 2.17. The monoisotopic (exact) mass is 335 g/mol. The van der Waals surface area contributed by atoms with E-state index in [4.69, 9.17) is 0 Å². The molecule has 1 fully saturated rings. The molecule has 1 aromatic carbocycles. The molecule has 1 aliphatic heterocycles. The van der Waals surface area contributed by atoms with Gasteiger partial charge in [-0.15, -0.1) is 0 Å².